The number of nitrogen functional groups attached to an aromatic ring is 1. The van der Waals surface area contributed by atoms with Gasteiger partial charge in [-0.2, -0.15) is 20.1 Å². The van der Waals surface area contributed by atoms with Crippen molar-refractivity contribution in [2.75, 3.05) is 18.3 Å². The molecule has 1 saturated carbocycles. The van der Waals surface area contributed by atoms with Crippen LogP contribution in [-0.4, -0.2) is 27.8 Å². The molecule has 0 bridgehead atoms. The van der Waals surface area contributed by atoms with Crippen molar-refractivity contribution in [2.24, 2.45) is 11.0 Å². The summed E-state index contributed by atoms with van der Waals surface area (Å²) in [4.78, 5) is 12.3. The molecule has 1 aliphatic rings. The Labute approximate surface area is 142 Å². The Morgan fingerprint density at radius 3 is 2.70 bits per heavy atom. The quantitative estimate of drug-likeness (QED) is 0.593. The molecule has 1 heterocycles. The van der Waals surface area contributed by atoms with E-state index in [1.54, 1.807) is 0 Å². The van der Waals surface area contributed by atoms with Gasteiger partial charge in [-0.25, -0.2) is 0 Å². The summed E-state index contributed by atoms with van der Waals surface area (Å²) < 4.78 is 6.06. The summed E-state index contributed by atoms with van der Waals surface area (Å²) in [5.41, 5.74) is 10.7. The largest absolute Gasteiger partial charge is 0.467 e. The third-order valence-electron chi connectivity index (χ3n) is 3.42. The zero-order chi connectivity index (χ0) is 16.2. The van der Waals surface area contributed by atoms with Crippen LogP contribution in [0, 0.1) is 5.92 Å². The second kappa shape index (κ2) is 6.91. The lowest BCUT2D eigenvalue weighted by Gasteiger charge is -2.07. The number of nitrogens with two attached hydrogens (primary N) is 1. The zero-order valence-electron chi connectivity index (χ0n) is 12.7. The molecule has 1 aromatic carbocycles. The molecule has 0 unspecified atom stereocenters. The minimum absolute atomic E-state index is 0.155. The van der Waals surface area contributed by atoms with Crippen molar-refractivity contribution in [1.29, 1.82) is 0 Å². The highest BCUT2D eigenvalue weighted by atomic mass is 79.9. The van der Waals surface area contributed by atoms with Crippen LogP contribution in [0.4, 0.5) is 11.6 Å². The second-order valence-corrected chi connectivity index (χ2v) is 6.19. The predicted molar refractivity (Wildman–Crippen MR) is 92.4 cm³/mol. The van der Waals surface area contributed by atoms with Gasteiger partial charge in [0, 0.05) is 16.6 Å². The minimum atomic E-state index is 0.155. The first kappa shape index (κ1) is 15.7. The molecule has 3 N–H and O–H groups in total. The number of hydrazone groups is 1. The summed E-state index contributed by atoms with van der Waals surface area (Å²) in [7, 11) is 1.50. The first-order chi connectivity index (χ1) is 11.1. The Morgan fingerprint density at radius 1 is 1.30 bits per heavy atom. The van der Waals surface area contributed by atoms with E-state index in [1.165, 1.54) is 7.11 Å². The molecule has 8 heteroatoms. The molecule has 7 nitrogen and oxygen atoms in total. The van der Waals surface area contributed by atoms with E-state index in [-0.39, 0.29) is 12.0 Å². The van der Waals surface area contributed by atoms with E-state index in [1.807, 2.05) is 24.3 Å². The van der Waals surface area contributed by atoms with Gasteiger partial charge in [0.1, 0.15) is 5.82 Å². The summed E-state index contributed by atoms with van der Waals surface area (Å²) in [6.07, 6.45) is 2.80. The molecule has 23 heavy (non-hydrogen) atoms. The van der Waals surface area contributed by atoms with Crippen LogP contribution >= 0.6 is 15.9 Å². The second-order valence-electron chi connectivity index (χ2n) is 5.27. The van der Waals surface area contributed by atoms with Crippen molar-refractivity contribution < 1.29 is 4.74 Å². The maximum absolute atomic E-state index is 5.68. The van der Waals surface area contributed by atoms with Crippen LogP contribution in [0.5, 0.6) is 6.01 Å². The SMILES string of the molecule is COc1nc(N)nc(C/C(=N/Nc2ccc(Br)cc2)C2CC2)n1. The number of hydrogen-bond donors (Lipinski definition) is 2. The number of hydrogen-bond acceptors (Lipinski definition) is 7. The topological polar surface area (TPSA) is 98.3 Å². The molecule has 0 amide bonds. The molecule has 2 aromatic rings. The molecule has 1 aliphatic carbocycles. The Hall–Kier alpha value is -2.22. The normalized spacial score (nSPS) is 14.6. The fourth-order valence-corrected chi connectivity index (χ4v) is 2.36. The molecule has 0 saturated heterocycles. The van der Waals surface area contributed by atoms with Gasteiger partial charge in [-0.15, -0.1) is 0 Å². The predicted octanol–water partition coefficient (Wildman–Crippen LogP) is 2.65. The van der Waals surface area contributed by atoms with Crippen molar-refractivity contribution in [1.82, 2.24) is 15.0 Å². The van der Waals surface area contributed by atoms with Gasteiger partial charge in [0.05, 0.1) is 12.8 Å². The van der Waals surface area contributed by atoms with E-state index < -0.39 is 0 Å². The van der Waals surface area contributed by atoms with E-state index in [2.05, 4.69) is 41.4 Å². The van der Waals surface area contributed by atoms with Gasteiger partial charge in [-0.05, 0) is 43.0 Å². The van der Waals surface area contributed by atoms with Gasteiger partial charge in [0.2, 0.25) is 5.95 Å². The third kappa shape index (κ3) is 4.38. The summed E-state index contributed by atoms with van der Waals surface area (Å²) in [5, 5.41) is 4.54. The summed E-state index contributed by atoms with van der Waals surface area (Å²) in [6, 6.07) is 8.08. The fraction of sp³-hybridized carbons (Fsp3) is 0.333. The molecular weight excluding hydrogens is 360 g/mol. The first-order valence-electron chi connectivity index (χ1n) is 7.26. The standard InChI is InChI=1S/C15H17BrN6O/c1-23-15-19-13(18-14(17)20-15)8-12(9-2-3-9)22-21-11-6-4-10(16)5-7-11/h4-7,9,21H,2-3,8H2,1H3,(H2,17,18,19,20)/b22-12-. The summed E-state index contributed by atoms with van der Waals surface area (Å²) >= 11 is 3.41. The van der Waals surface area contributed by atoms with Crippen LogP contribution < -0.4 is 15.9 Å². The number of halogens is 1. The molecule has 0 atom stereocenters. The van der Waals surface area contributed by atoms with Crippen LogP contribution in [0.2, 0.25) is 0 Å². The van der Waals surface area contributed by atoms with Crippen molar-refractivity contribution in [3.8, 4) is 6.01 Å². The highest BCUT2D eigenvalue weighted by Crippen LogP contribution is 2.32. The van der Waals surface area contributed by atoms with Gasteiger partial charge < -0.3 is 10.5 Å². The minimum Gasteiger partial charge on any atom is -0.467 e. The van der Waals surface area contributed by atoms with Gasteiger partial charge >= 0.3 is 6.01 Å². The lowest BCUT2D eigenvalue weighted by molar-refractivity contribution is 0.377. The smallest absolute Gasteiger partial charge is 0.321 e. The van der Waals surface area contributed by atoms with Crippen molar-refractivity contribution in [2.45, 2.75) is 19.3 Å². The highest BCUT2D eigenvalue weighted by Gasteiger charge is 2.28. The molecular formula is C15H17BrN6O. The Kier molecular flexibility index (Phi) is 4.71. The van der Waals surface area contributed by atoms with Gasteiger partial charge in [-0.1, -0.05) is 15.9 Å². The number of anilines is 2. The number of benzene rings is 1. The number of aromatic nitrogens is 3. The molecule has 1 aromatic heterocycles. The number of nitrogens with zero attached hydrogens (tertiary/aromatic N) is 4. The van der Waals surface area contributed by atoms with E-state index in [4.69, 9.17) is 10.5 Å². The van der Waals surface area contributed by atoms with Crippen molar-refractivity contribution in [3.05, 3.63) is 34.6 Å². The van der Waals surface area contributed by atoms with Gasteiger partial charge in [0.25, 0.3) is 0 Å². The highest BCUT2D eigenvalue weighted by molar-refractivity contribution is 9.10. The fourth-order valence-electron chi connectivity index (χ4n) is 2.10. The van der Waals surface area contributed by atoms with Gasteiger partial charge in [-0.3, -0.25) is 5.43 Å². The lowest BCUT2D eigenvalue weighted by Crippen LogP contribution is -2.13. The average Bonchev–Trinajstić information content (AvgIpc) is 3.37. The Morgan fingerprint density at radius 2 is 2.04 bits per heavy atom. The monoisotopic (exact) mass is 376 g/mol. The van der Waals surface area contributed by atoms with E-state index in [0.717, 1.165) is 28.7 Å². The third-order valence-corrected chi connectivity index (χ3v) is 3.95. The van der Waals surface area contributed by atoms with E-state index in [0.29, 0.717) is 18.2 Å². The number of rotatable bonds is 6. The average molecular weight is 377 g/mol. The van der Waals surface area contributed by atoms with E-state index >= 15 is 0 Å². The van der Waals surface area contributed by atoms with Crippen LogP contribution in [0.1, 0.15) is 18.7 Å². The van der Waals surface area contributed by atoms with E-state index in [9.17, 15) is 0 Å². The molecule has 1 fully saturated rings. The molecule has 0 aliphatic heterocycles. The Balaban J connectivity index is 1.75. The molecule has 0 spiro atoms. The number of nitrogens with one attached hydrogen (secondary N) is 1. The molecule has 0 radical (unpaired) electrons. The van der Waals surface area contributed by atoms with Crippen LogP contribution in [0.25, 0.3) is 0 Å². The van der Waals surface area contributed by atoms with Crippen molar-refractivity contribution >= 4 is 33.3 Å². The molecule has 3 rings (SSSR count). The summed E-state index contributed by atoms with van der Waals surface area (Å²) in [5.74, 6) is 1.20. The number of methoxy groups -OCH3 is 1. The maximum Gasteiger partial charge on any atom is 0.321 e. The van der Waals surface area contributed by atoms with Crippen molar-refractivity contribution in [3.63, 3.8) is 0 Å². The van der Waals surface area contributed by atoms with Crippen LogP contribution in [0.3, 0.4) is 0 Å². The van der Waals surface area contributed by atoms with Crippen LogP contribution in [-0.2, 0) is 6.42 Å². The van der Waals surface area contributed by atoms with Gasteiger partial charge in [0.15, 0.2) is 0 Å². The molecule has 120 valence electrons. The zero-order valence-corrected chi connectivity index (χ0v) is 14.2. The first-order valence-corrected chi connectivity index (χ1v) is 8.06. The van der Waals surface area contributed by atoms with Crippen LogP contribution in [0.15, 0.2) is 33.8 Å². The summed E-state index contributed by atoms with van der Waals surface area (Å²) in [6.45, 7) is 0. The maximum atomic E-state index is 5.68. The Bertz CT molecular complexity index is 714. The lowest BCUT2D eigenvalue weighted by atomic mass is 10.2. The number of ether oxygens (including phenoxy) is 1.